The van der Waals surface area contributed by atoms with E-state index in [0.717, 1.165) is 31.1 Å². The highest BCUT2D eigenvalue weighted by molar-refractivity contribution is 6.30. The Kier molecular flexibility index (Phi) is 6.02. The fraction of sp³-hybridized carbons (Fsp3) is 0.300. The highest BCUT2D eigenvalue weighted by Gasteiger charge is 2.22. The second-order valence-corrected chi connectivity index (χ2v) is 7.17. The average molecular weight is 413 g/mol. The quantitative estimate of drug-likeness (QED) is 0.617. The molecule has 1 fully saturated rings. The topological polar surface area (TPSA) is 76.4 Å². The van der Waals surface area contributed by atoms with E-state index >= 15 is 0 Å². The maximum Gasteiger partial charge on any atom is 0.253 e. The van der Waals surface area contributed by atoms with Gasteiger partial charge in [-0.25, -0.2) is 4.68 Å². The Morgan fingerprint density at radius 2 is 1.72 bits per heavy atom. The molecule has 0 N–H and O–H groups in total. The number of halogens is 1. The molecule has 150 valence electrons. The molecular weight excluding hydrogens is 392 g/mol. The molecule has 8 nitrogen and oxygen atoms in total. The summed E-state index contributed by atoms with van der Waals surface area (Å²) in [7, 11) is 0. The van der Waals surface area contributed by atoms with Crippen LogP contribution < -0.4 is 4.74 Å². The first-order valence-electron chi connectivity index (χ1n) is 9.42. The monoisotopic (exact) mass is 412 g/mol. The Morgan fingerprint density at radius 3 is 2.38 bits per heavy atom. The molecule has 2 aromatic carbocycles. The number of hydrogen-bond donors (Lipinski definition) is 0. The highest BCUT2D eigenvalue weighted by Crippen LogP contribution is 2.16. The molecule has 0 aliphatic carbocycles. The summed E-state index contributed by atoms with van der Waals surface area (Å²) >= 11 is 5.88. The molecule has 29 heavy (non-hydrogen) atoms. The molecule has 0 atom stereocenters. The number of carbonyl (C=O) groups excluding carboxylic acids is 1. The van der Waals surface area contributed by atoms with Crippen LogP contribution in [0.3, 0.4) is 0 Å². The summed E-state index contributed by atoms with van der Waals surface area (Å²) in [6.07, 6.45) is 1.52. The summed E-state index contributed by atoms with van der Waals surface area (Å²) < 4.78 is 7.31. The number of tetrazole rings is 1. The van der Waals surface area contributed by atoms with Crippen LogP contribution in [0.2, 0.25) is 5.02 Å². The number of amides is 1. The lowest BCUT2D eigenvalue weighted by Gasteiger charge is -2.34. The largest absolute Gasteiger partial charge is 0.492 e. The van der Waals surface area contributed by atoms with Crippen LogP contribution in [0.1, 0.15) is 10.4 Å². The normalized spacial score (nSPS) is 14.7. The van der Waals surface area contributed by atoms with Gasteiger partial charge in [0.05, 0.1) is 5.69 Å². The van der Waals surface area contributed by atoms with Gasteiger partial charge in [-0.3, -0.25) is 9.69 Å². The summed E-state index contributed by atoms with van der Waals surface area (Å²) in [6, 6.07) is 14.7. The van der Waals surface area contributed by atoms with Gasteiger partial charge in [0.2, 0.25) is 0 Å². The Labute approximate surface area is 173 Å². The highest BCUT2D eigenvalue weighted by atomic mass is 35.5. The standard InChI is InChI=1S/C20H21ClN6O2/c21-17-3-7-19(8-4-17)29-14-13-25-9-11-26(12-10-25)20(28)16-1-5-18(6-2-16)27-15-22-23-24-27/h1-8,15H,9-14H2. The number of rotatable bonds is 6. The van der Waals surface area contributed by atoms with Crippen molar-refractivity contribution >= 4 is 17.5 Å². The molecule has 0 bridgehead atoms. The van der Waals surface area contributed by atoms with E-state index < -0.39 is 0 Å². The minimum absolute atomic E-state index is 0.0466. The van der Waals surface area contributed by atoms with Gasteiger partial charge in [-0.1, -0.05) is 11.6 Å². The maximum absolute atomic E-state index is 12.8. The van der Waals surface area contributed by atoms with Crippen LogP contribution >= 0.6 is 11.6 Å². The summed E-state index contributed by atoms with van der Waals surface area (Å²) in [5.41, 5.74) is 1.48. The molecule has 0 saturated carbocycles. The molecule has 4 rings (SSSR count). The summed E-state index contributed by atoms with van der Waals surface area (Å²) in [5.74, 6) is 0.860. The molecule has 1 amide bonds. The fourth-order valence-electron chi connectivity index (χ4n) is 3.22. The van der Waals surface area contributed by atoms with Gasteiger partial charge < -0.3 is 9.64 Å². The van der Waals surface area contributed by atoms with Crippen molar-refractivity contribution in [3.8, 4) is 11.4 Å². The minimum atomic E-state index is 0.0466. The Morgan fingerprint density at radius 1 is 1.00 bits per heavy atom. The van der Waals surface area contributed by atoms with E-state index in [2.05, 4.69) is 20.4 Å². The van der Waals surface area contributed by atoms with E-state index in [1.54, 1.807) is 4.68 Å². The lowest BCUT2D eigenvalue weighted by atomic mass is 10.1. The molecule has 9 heteroatoms. The van der Waals surface area contributed by atoms with Gasteiger partial charge in [0.1, 0.15) is 18.7 Å². The van der Waals surface area contributed by atoms with Gasteiger partial charge in [-0.2, -0.15) is 0 Å². The number of nitrogens with zero attached hydrogens (tertiary/aromatic N) is 6. The van der Waals surface area contributed by atoms with E-state index in [1.165, 1.54) is 6.33 Å². The van der Waals surface area contributed by atoms with Crippen LogP contribution in [0.15, 0.2) is 54.9 Å². The second kappa shape index (κ2) is 9.02. The van der Waals surface area contributed by atoms with Gasteiger partial charge in [0, 0.05) is 43.3 Å². The third-order valence-corrected chi connectivity index (χ3v) is 5.13. The molecule has 1 aliphatic heterocycles. The van der Waals surface area contributed by atoms with Crippen LogP contribution in [-0.4, -0.2) is 75.2 Å². The SMILES string of the molecule is O=C(c1ccc(-n2cnnn2)cc1)N1CCN(CCOc2ccc(Cl)cc2)CC1. The summed E-state index contributed by atoms with van der Waals surface area (Å²) in [4.78, 5) is 17.0. The third kappa shape index (κ3) is 4.90. The maximum atomic E-state index is 12.8. The van der Waals surface area contributed by atoms with Crippen molar-refractivity contribution < 1.29 is 9.53 Å². The first-order chi connectivity index (χ1) is 14.2. The average Bonchev–Trinajstić information content (AvgIpc) is 3.30. The van der Waals surface area contributed by atoms with Gasteiger partial charge in [0.15, 0.2) is 0 Å². The zero-order valence-electron chi connectivity index (χ0n) is 15.8. The van der Waals surface area contributed by atoms with Crippen molar-refractivity contribution in [2.45, 2.75) is 0 Å². The first kappa shape index (κ1) is 19.4. The van der Waals surface area contributed by atoms with Crippen LogP contribution in [0.25, 0.3) is 5.69 Å². The van der Waals surface area contributed by atoms with Crippen molar-refractivity contribution in [1.82, 2.24) is 30.0 Å². The van der Waals surface area contributed by atoms with E-state index in [9.17, 15) is 4.79 Å². The number of benzene rings is 2. The van der Waals surface area contributed by atoms with Crippen molar-refractivity contribution in [2.24, 2.45) is 0 Å². The molecule has 1 aliphatic rings. The molecule has 0 radical (unpaired) electrons. The van der Waals surface area contributed by atoms with E-state index in [-0.39, 0.29) is 5.91 Å². The van der Waals surface area contributed by atoms with Crippen molar-refractivity contribution in [2.75, 3.05) is 39.3 Å². The lowest BCUT2D eigenvalue weighted by Crippen LogP contribution is -2.49. The van der Waals surface area contributed by atoms with E-state index in [1.807, 2.05) is 53.4 Å². The molecule has 1 saturated heterocycles. The van der Waals surface area contributed by atoms with Crippen molar-refractivity contribution in [1.29, 1.82) is 0 Å². The molecular formula is C20H21ClN6O2. The zero-order chi connectivity index (χ0) is 20.1. The van der Waals surface area contributed by atoms with Crippen LogP contribution in [0, 0.1) is 0 Å². The van der Waals surface area contributed by atoms with Crippen LogP contribution in [-0.2, 0) is 0 Å². The first-order valence-corrected chi connectivity index (χ1v) is 9.80. The molecule has 3 aromatic rings. The van der Waals surface area contributed by atoms with E-state index in [4.69, 9.17) is 16.3 Å². The summed E-state index contributed by atoms with van der Waals surface area (Å²) in [6.45, 7) is 4.50. The van der Waals surface area contributed by atoms with Crippen LogP contribution in [0.5, 0.6) is 5.75 Å². The Bertz CT molecular complexity index is 923. The predicted molar refractivity (Wildman–Crippen MR) is 108 cm³/mol. The van der Waals surface area contributed by atoms with Crippen molar-refractivity contribution in [3.63, 3.8) is 0 Å². The molecule has 2 heterocycles. The van der Waals surface area contributed by atoms with Gasteiger partial charge in [-0.05, 0) is 59.0 Å². The number of hydrogen-bond acceptors (Lipinski definition) is 6. The molecule has 1 aromatic heterocycles. The van der Waals surface area contributed by atoms with Gasteiger partial charge >= 0.3 is 0 Å². The Balaban J connectivity index is 1.23. The van der Waals surface area contributed by atoms with Crippen molar-refractivity contribution in [3.05, 3.63) is 65.4 Å². The lowest BCUT2D eigenvalue weighted by molar-refractivity contribution is 0.0620. The Hall–Kier alpha value is -2.97. The number of carbonyl (C=O) groups is 1. The predicted octanol–water partition coefficient (Wildman–Crippen LogP) is 2.15. The smallest absolute Gasteiger partial charge is 0.253 e. The van der Waals surface area contributed by atoms with Gasteiger partial charge in [-0.15, -0.1) is 5.10 Å². The number of piperazine rings is 1. The summed E-state index contributed by atoms with van der Waals surface area (Å²) in [5, 5.41) is 11.8. The second-order valence-electron chi connectivity index (χ2n) is 6.74. The van der Waals surface area contributed by atoms with Gasteiger partial charge in [0.25, 0.3) is 5.91 Å². The zero-order valence-corrected chi connectivity index (χ0v) is 16.6. The van der Waals surface area contributed by atoms with Crippen LogP contribution in [0.4, 0.5) is 0 Å². The molecule has 0 spiro atoms. The molecule has 0 unspecified atom stereocenters. The third-order valence-electron chi connectivity index (χ3n) is 4.88. The minimum Gasteiger partial charge on any atom is -0.492 e. The van der Waals surface area contributed by atoms with E-state index in [0.29, 0.717) is 30.3 Å². The number of aromatic nitrogens is 4. The fourth-order valence-corrected chi connectivity index (χ4v) is 3.34. The number of ether oxygens (including phenoxy) is 1.